The lowest BCUT2D eigenvalue weighted by Crippen LogP contribution is -2.38. The van der Waals surface area contributed by atoms with Gasteiger partial charge < -0.3 is 10.6 Å². The second-order valence-electron chi connectivity index (χ2n) is 5.02. The third-order valence-corrected chi connectivity index (χ3v) is 4.00. The summed E-state index contributed by atoms with van der Waals surface area (Å²) in [7, 11) is 2.20. The van der Waals surface area contributed by atoms with E-state index in [4.69, 9.17) is 17.3 Å². The van der Waals surface area contributed by atoms with Crippen LogP contribution >= 0.6 is 11.6 Å². The predicted octanol–water partition coefficient (Wildman–Crippen LogP) is 3.21. The quantitative estimate of drug-likeness (QED) is 0.872. The van der Waals surface area contributed by atoms with Crippen LogP contribution < -0.4 is 5.73 Å². The van der Waals surface area contributed by atoms with Crippen molar-refractivity contribution in [3.63, 3.8) is 0 Å². The van der Waals surface area contributed by atoms with E-state index in [0.717, 1.165) is 29.6 Å². The Hall–Kier alpha value is -0.570. The van der Waals surface area contributed by atoms with Gasteiger partial charge in [0, 0.05) is 17.1 Å². The van der Waals surface area contributed by atoms with E-state index in [1.165, 1.54) is 19.3 Å². The molecule has 1 fully saturated rings. The van der Waals surface area contributed by atoms with Gasteiger partial charge in [0.1, 0.15) is 0 Å². The van der Waals surface area contributed by atoms with Gasteiger partial charge in [-0.2, -0.15) is 0 Å². The maximum Gasteiger partial charge on any atom is 0.0409 e. The van der Waals surface area contributed by atoms with Gasteiger partial charge in [0.05, 0.1) is 0 Å². The first kappa shape index (κ1) is 12.9. The van der Waals surface area contributed by atoms with Crippen LogP contribution in [-0.4, -0.2) is 24.5 Å². The van der Waals surface area contributed by atoms with E-state index in [-0.39, 0.29) is 6.04 Å². The van der Waals surface area contributed by atoms with Crippen LogP contribution in [0.2, 0.25) is 5.02 Å². The summed E-state index contributed by atoms with van der Waals surface area (Å²) in [5.74, 6) is 0. The lowest BCUT2D eigenvalue weighted by molar-refractivity contribution is 0.155. The molecular weight excluding hydrogens is 232 g/mol. The van der Waals surface area contributed by atoms with Crippen molar-refractivity contribution in [2.45, 2.75) is 37.8 Å². The molecule has 0 aliphatic heterocycles. The number of benzene rings is 1. The molecule has 2 N–H and O–H groups in total. The molecule has 1 unspecified atom stereocenters. The molecule has 0 amide bonds. The molecule has 2 rings (SSSR count). The molecule has 17 heavy (non-hydrogen) atoms. The smallest absolute Gasteiger partial charge is 0.0409 e. The monoisotopic (exact) mass is 252 g/mol. The first-order valence-corrected chi connectivity index (χ1v) is 6.76. The van der Waals surface area contributed by atoms with E-state index < -0.39 is 0 Å². The van der Waals surface area contributed by atoms with Crippen molar-refractivity contribution in [3.05, 3.63) is 34.9 Å². The topological polar surface area (TPSA) is 29.3 Å². The average molecular weight is 253 g/mol. The Kier molecular flexibility index (Phi) is 4.43. The van der Waals surface area contributed by atoms with Crippen LogP contribution in [-0.2, 0) is 0 Å². The van der Waals surface area contributed by atoms with Crippen molar-refractivity contribution < 1.29 is 0 Å². The molecule has 0 aromatic heterocycles. The van der Waals surface area contributed by atoms with Crippen molar-refractivity contribution >= 4 is 11.6 Å². The number of nitrogens with zero attached hydrogens (tertiary/aromatic N) is 1. The molecule has 0 saturated heterocycles. The van der Waals surface area contributed by atoms with E-state index in [1.807, 2.05) is 18.2 Å². The first-order valence-electron chi connectivity index (χ1n) is 6.38. The van der Waals surface area contributed by atoms with Crippen LogP contribution in [0.4, 0.5) is 0 Å². The number of nitrogens with two attached hydrogens (primary N) is 1. The Bertz CT molecular complexity index is 363. The molecule has 0 heterocycles. The van der Waals surface area contributed by atoms with Gasteiger partial charge >= 0.3 is 0 Å². The zero-order chi connectivity index (χ0) is 12.3. The highest BCUT2D eigenvalue weighted by atomic mass is 35.5. The van der Waals surface area contributed by atoms with Crippen LogP contribution in [0, 0.1) is 0 Å². The molecule has 1 aliphatic carbocycles. The standard InChI is InChI=1S/C14H21ClN2/c1-17(13-6-3-7-13)9-8-14(16)11-4-2-5-12(15)10-11/h2,4-5,10,13-14H,3,6-9,16H2,1H3. The minimum Gasteiger partial charge on any atom is -0.324 e. The zero-order valence-corrected chi connectivity index (χ0v) is 11.2. The maximum absolute atomic E-state index is 6.19. The molecule has 0 bridgehead atoms. The second kappa shape index (κ2) is 5.85. The van der Waals surface area contributed by atoms with Gasteiger partial charge in [-0.1, -0.05) is 30.2 Å². The van der Waals surface area contributed by atoms with Crippen molar-refractivity contribution in [3.8, 4) is 0 Å². The molecule has 1 saturated carbocycles. The molecule has 94 valence electrons. The van der Waals surface area contributed by atoms with Crippen LogP contribution in [0.25, 0.3) is 0 Å². The number of rotatable bonds is 5. The van der Waals surface area contributed by atoms with Crippen LogP contribution in [0.5, 0.6) is 0 Å². The molecule has 2 nitrogen and oxygen atoms in total. The van der Waals surface area contributed by atoms with Crippen LogP contribution in [0.15, 0.2) is 24.3 Å². The molecule has 1 atom stereocenters. The third kappa shape index (κ3) is 3.44. The largest absolute Gasteiger partial charge is 0.324 e. The summed E-state index contributed by atoms with van der Waals surface area (Å²) in [6, 6.07) is 8.76. The predicted molar refractivity (Wildman–Crippen MR) is 73.3 cm³/mol. The van der Waals surface area contributed by atoms with Crippen LogP contribution in [0.3, 0.4) is 0 Å². The third-order valence-electron chi connectivity index (χ3n) is 3.77. The molecule has 1 aromatic rings. The zero-order valence-electron chi connectivity index (χ0n) is 10.4. The number of hydrogen-bond acceptors (Lipinski definition) is 2. The fourth-order valence-corrected chi connectivity index (χ4v) is 2.46. The van der Waals surface area contributed by atoms with Crippen LogP contribution in [0.1, 0.15) is 37.3 Å². The fourth-order valence-electron chi connectivity index (χ4n) is 2.26. The second-order valence-corrected chi connectivity index (χ2v) is 5.45. The van der Waals surface area contributed by atoms with Crippen molar-refractivity contribution in [1.82, 2.24) is 4.90 Å². The molecule has 1 aliphatic rings. The highest BCUT2D eigenvalue weighted by Crippen LogP contribution is 2.25. The highest BCUT2D eigenvalue weighted by molar-refractivity contribution is 6.30. The van der Waals surface area contributed by atoms with Crippen molar-refractivity contribution in [2.75, 3.05) is 13.6 Å². The summed E-state index contributed by atoms with van der Waals surface area (Å²) in [4.78, 5) is 2.44. The number of hydrogen-bond donors (Lipinski definition) is 1. The van der Waals surface area contributed by atoms with Gasteiger partial charge in [0.25, 0.3) is 0 Å². The van der Waals surface area contributed by atoms with E-state index in [1.54, 1.807) is 0 Å². The minimum atomic E-state index is 0.0937. The van der Waals surface area contributed by atoms with Gasteiger partial charge in [-0.15, -0.1) is 0 Å². The molecular formula is C14H21ClN2. The lowest BCUT2D eigenvalue weighted by atomic mass is 9.91. The number of halogens is 1. The van der Waals surface area contributed by atoms with E-state index >= 15 is 0 Å². The lowest BCUT2D eigenvalue weighted by Gasteiger charge is -2.35. The van der Waals surface area contributed by atoms with E-state index in [9.17, 15) is 0 Å². The summed E-state index contributed by atoms with van der Waals surface area (Å²) >= 11 is 5.97. The van der Waals surface area contributed by atoms with Gasteiger partial charge in [-0.05, 0) is 50.6 Å². The molecule has 0 radical (unpaired) electrons. The first-order chi connectivity index (χ1) is 8.16. The molecule has 3 heteroatoms. The Morgan fingerprint density at radius 3 is 2.82 bits per heavy atom. The Morgan fingerprint density at radius 2 is 2.24 bits per heavy atom. The molecule has 0 spiro atoms. The van der Waals surface area contributed by atoms with Gasteiger partial charge in [-0.25, -0.2) is 0 Å². The van der Waals surface area contributed by atoms with E-state index in [0.29, 0.717) is 0 Å². The van der Waals surface area contributed by atoms with E-state index in [2.05, 4.69) is 18.0 Å². The Labute approximate surface area is 109 Å². The average Bonchev–Trinajstić information content (AvgIpc) is 2.23. The SMILES string of the molecule is CN(CCC(N)c1cccc(Cl)c1)C1CCC1. The fraction of sp³-hybridized carbons (Fsp3) is 0.571. The minimum absolute atomic E-state index is 0.0937. The summed E-state index contributed by atoms with van der Waals surface area (Å²) in [5, 5.41) is 0.769. The Morgan fingerprint density at radius 1 is 1.47 bits per heavy atom. The summed E-state index contributed by atoms with van der Waals surface area (Å²) in [6.07, 6.45) is 5.08. The highest BCUT2D eigenvalue weighted by Gasteiger charge is 2.22. The van der Waals surface area contributed by atoms with Gasteiger partial charge in [0.15, 0.2) is 0 Å². The molecule has 1 aromatic carbocycles. The van der Waals surface area contributed by atoms with Crippen molar-refractivity contribution in [2.24, 2.45) is 5.73 Å². The maximum atomic E-state index is 6.19. The summed E-state index contributed by atoms with van der Waals surface area (Å²) in [5.41, 5.74) is 7.32. The summed E-state index contributed by atoms with van der Waals surface area (Å²) in [6.45, 7) is 1.07. The summed E-state index contributed by atoms with van der Waals surface area (Å²) < 4.78 is 0. The van der Waals surface area contributed by atoms with Gasteiger partial charge in [-0.3, -0.25) is 0 Å². The Balaban J connectivity index is 1.82. The normalized spacial score (nSPS) is 18.1. The van der Waals surface area contributed by atoms with Gasteiger partial charge in [0.2, 0.25) is 0 Å². The van der Waals surface area contributed by atoms with Crippen molar-refractivity contribution in [1.29, 1.82) is 0 Å².